The van der Waals surface area contributed by atoms with Crippen LogP contribution in [0.15, 0.2) is 77.7 Å². The molecule has 1 aliphatic rings. The third-order valence-corrected chi connectivity index (χ3v) is 9.86. The molecule has 256 valence electrons. The second kappa shape index (κ2) is 17.0. The number of hydrogen-bond donors (Lipinski definition) is 2. The molecule has 4 rings (SSSR count). The maximum Gasteiger partial charge on any atom is 0.261 e. The fraction of sp³-hybridized carbons (Fsp3) is 0.472. The van der Waals surface area contributed by atoms with Crippen molar-refractivity contribution in [2.75, 3.05) is 45.2 Å². The molecule has 3 aromatic rings. The Kier molecular flexibility index (Phi) is 13.1. The van der Waals surface area contributed by atoms with Crippen molar-refractivity contribution in [3.05, 3.63) is 83.9 Å². The van der Waals surface area contributed by atoms with Crippen LogP contribution in [0.3, 0.4) is 0 Å². The molecule has 0 aliphatic carbocycles. The van der Waals surface area contributed by atoms with E-state index in [0.29, 0.717) is 25.4 Å². The SMILES string of the molecule is COc1ccc(CN(C)C[C@H]2OCCCC[C@@H](C)Oc3ccc(NS(=O)(=O)c4ccccc4)cc3C(=O)N([C@@H](C)CO)C[C@H]2C)cc1. The minimum atomic E-state index is -3.89. The number of likely N-dealkylation sites (N-methyl/N-ethyl adjacent to an activating group) is 1. The van der Waals surface area contributed by atoms with E-state index in [0.717, 1.165) is 37.1 Å². The van der Waals surface area contributed by atoms with Gasteiger partial charge in [0.1, 0.15) is 11.5 Å². The molecular formula is C36H49N3O7S. The Morgan fingerprint density at radius 2 is 1.79 bits per heavy atom. The molecule has 4 atom stereocenters. The summed E-state index contributed by atoms with van der Waals surface area (Å²) in [5.41, 5.74) is 1.62. The Labute approximate surface area is 279 Å². The summed E-state index contributed by atoms with van der Waals surface area (Å²) in [6, 6.07) is 20.3. The maximum absolute atomic E-state index is 14.4. The molecule has 0 fully saturated rings. The number of nitrogens with zero attached hydrogens (tertiary/aromatic N) is 2. The lowest BCUT2D eigenvalue weighted by Gasteiger charge is -2.36. The lowest BCUT2D eigenvalue weighted by atomic mass is 10.0. The van der Waals surface area contributed by atoms with E-state index in [1.807, 2.05) is 31.2 Å². The summed E-state index contributed by atoms with van der Waals surface area (Å²) < 4.78 is 46.9. The Morgan fingerprint density at radius 3 is 2.47 bits per heavy atom. The molecule has 1 heterocycles. The average molecular weight is 668 g/mol. The van der Waals surface area contributed by atoms with Crippen molar-refractivity contribution in [1.29, 1.82) is 0 Å². The quantitative estimate of drug-likeness (QED) is 0.294. The van der Waals surface area contributed by atoms with Gasteiger partial charge in [0.05, 0.1) is 42.4 Å². The molecule has 0 unspecified atom stereocenters. The van der Waals surface area contributed by atoms with E-state index in [-0.39, 0.29) is 46.8 Å². The highest BCUT2D eigenvalue weighted by Gasteiger charge is 2.30. The van der Waals surface area contributed by atoms with Gasteiger partial charge in [0.2, 0.25) is 0 Å². The fourth-order valence-corrected chi connectivity index (χ4v) is 6.75. The molecular weight excluding hydrogens is 618 g/mol. The standard InChI is InChI=1S/C36H49N3O7S/c1-26-22-39(27(2)25-40)36(41)33-21-30(37-47(42,43)32-12-7-6-8-13-32)16-19-34(33)46-28(3)11-9-10-20-45-35(26)24-38(4)23-29-14-17-31(44-5)18-15-29/h6-8,12-19,21,26-28,35,37,40H,9-11,20,22-25H2,1-5H3/t26-,27+,28-,35-/m1/s1. The molecule has 0 bridgehead atoms. The molecule has 0 aromatic heterocycles. The number of anilines is 1. The molecule has 1 aliphatic heterocycles. The van der Waals surface area contributed by atoms with Gasteiger partial charge in [-0.1, -0.05) is 37.3 Å². The largest absolute Gasteiger partial charge is 0.497 e. The number of methoxy groups -OCH3 is 1. The topological polar surface area (TPSA) is 118 Å². The van der Waals surface area contributed by atoms with Gasteiger partial charge in [0.25, 0.3) is 15.9 Å². The fourth-order valence-electron chi connectivity index (χ4n) is 5.68. The number of carbonyl (C=O) groups is 1. The number of carbonyl (C=O) groups excluding carboxylic acids is 1. The van der Waals surface area contributed by atoms with Crippen LogP contribution in [0.4, 0.5) is 5.69 Å². The zero-order valence-electron chi connectivity index (χ0n) is 28.1. The summed E-state index contributed by atoms with van der Waals surface area (Å²) in [5, 5.41) is 10.2. The molecule has 0 saturated heterocycles. The van der Waals surface area contributed by atoms with Crippen molar-refractivity contribution in [3.63, 3.8) is 0 Å². The number of hydrogen-bond acceptors (Lipinski definition) is 8. The summed E-state index contributed by atoms with van der Waals surface area (Å²) in [4.78, 5) is 18.3. The zero-order chi connectivity index (χ0) is 34.0. The minimum Gasteiger partial charge on any atom is -0.497 e. The van der Waals surface area contributed by atoms with Crippen LogP contribution in [0.25, 0.3) is 0 Å². The van der Waals surface area contributed by atoms with Gasteiger partial charge in [0, 0.05) is 37.8 Å². The van der Waals surface area contributed by atoms with Gasteiger partial charge in [-0.2, -0.15) is 0 Å². The van der Waals surface area contributed by atoms with Crippen LogP contribution >= 0.6 is 0 Å². The molecule has 1 amide bonds. The second-order valence-corrected chi connectivity index (χ2v) is 14.2. The van der Waals surface area contributed by atoms with Crippen LogP contribution in [0, 0.1) is 5.92 Å². The first-order valence-corrected chi connectivity index (χ1v) is 17.7. The van der Waals surface area contributed by atoms with Gasteiger partial charge >= 0.3 is 0 Å². The highest BCUT2D eigenvalue weighted by molar-refractivity contribution is 7.92. The first kappa shape index (κ1) is 36.2. The smallest absolute Gasteiger partial charge is 0.261 e. The Morgan fingerprint density at radius 1 is 1.06 bits per heavy atom. The van der Waals surface area contributed by atoms with E-state index >= 15 is 0 Å². The van der Waals surface area contributed by atoms with Crippen molar-refractivity contribution >= 4 is 21.6 Å². The predicted octanol–water partition coefficient (Wildman–Crippen LogP) is 5.42. The van der Waals surface area contributed by atoms with E-state index in [4.69, 9.17) is 14.2 Å². The molecule has 10 nitrogen and oxygen atoms in total. The van der Waals surface area contributed by atoms with E-state index in [9.17, 15) is 18.3 Å². The van der Waals surface area contributed by atoms with Crippen LogP contribution in [0.1, 0.15) is 56.0 Å². The van der Waals surface area contributed by atoms with E-state index < -0.39 is 16.1 Å². The molecule has 47 heavy (non-hydrogen) atoms. The van der Waals surface area contributed by atoms with Crippen molar-refractivity contribution in [2.45, 2.75) is 69.7 Å². The number of amides is 1. The Balaban J connectivity index is 1.62. The van der Waals surface area contributed by atoms with Crippen LogP contribution in [-0.4, -0.2) is 87.9 Å². The number of benzene rings is 3. The summed E-state index contributed by atoms with van der Waals surface area (Å²) >= 11 is 0. The lowest BCUT2D eigenvalue weighted by Crippen LogP contribution is -2.47. The number of aliphatic hydroxyl groups excluding tert-OH is 1. The zero-order valence-corrected chi connectivity index (χ0v) is 28.9. The van der Waals surface area contributed by atoms with E-state index in [1.165, 1.54) is 18.2 Å². The second-order valence-electron chi connectivity index (χ2n) is 12.5. The number of rotatable bonds is 10. The number of sulfonamides is 1. The summed E-state index contributed by atoms with van der Waals surface area (Å²) in [5.74, 6) is 0.738. The van der Waals surface area contributed by atoms with Crippen molar-refractivity contribution in [3.8, 4) is 11.5 Å². The lowest BCUT2D eigenvalue weighted by molar-refractivity contribution is -0.0177. The molecule has 2 N–H and O–H groups in total. The summed E-state index contributed by atoms with van der Waals surface area (Å²) in [7, 11) is -0.185. The number of aliphatic hydroxyl groups is 1. The van der Waals surface area contributed by atoms with Crippen molar-refractivity contribution in [1.82, 2.24) is 9.80 Å². The highest BCUT2D eigenvalue weighted by atomic mass is 32.2. The summed E-state index contributed by atoms with van der Waals surface area (Å²) in [6.45, 7) is 7.84. The third-order valence-electron chi connectivity index (χ3n) is 8.46. The number of fused-ring (bicyclic) bond motifs is 1. The molecule has 0 saturated carbocycles. The third kappa shape index (κ3) is 10.2. The van der Waals surface area contributed by atoms with Gasteiger partial charge in [-0.05, 0) is 88.2 Å². The average Bonchev–Trinajstić information content (AvgIpc) is 3.06. The van der Waals surface area contributed by atoms with Crippen molar-refractivity contribution < 1.29 is 32.5 Å². The van der Waals surface area contributed by atoms with Crippen LogP contribution < -0.4 is 14.2 Å². The summed E-state index contributed by atoms with van der Waals surface area (Å²) in [6.07, 6.45) is 2.14. The first-order valence-electron chi connectivity index (χ1n) is 16.2. The molecule has 11 heteroatoms. The van der Waals surface area contributed by atoms with E-state index in [2.05, 4.69) is 23.6 Å². The molecule has 3 aromatic carbocycles. The Bertz CT molecular complexity index is 1540. The van der Waals surface area contributed by atoms with Gasteiger partial charge < -0.3 is 24.2 Å². The number of nitrogens with one attached hydrogen (secondary N) is 1. The van der Waals surface area contributed by atoms with Gasteiger partial charge in [-0.25, -0.2) is 8.42 Å². The van der Waals surface area contributed by atoms with Gasteiger partial charge in [-0.3, -0.25) is 14.4 Å². The van der Waals surface area contributed by atoms with Gasteiger partial charge in [0.15, 0.2) is 0 Å². The normalized spacial score (nSPS) is 20.5. The van der Waals surface area contributed by atoms with Crippen LogP contribution in [-0.2, 0) is 21.3 Å². The monoisotopic (exact) mass is 667 g/mol. The van der Waals surface area contributed by atoms with Crippen LogP contribution in [0.5, 0.6) is 11.5 Å². The highest BCUT2D eigenvalue weighted by Crippen LogP contribution is 2.29. The Hall–Kier alpha value is -3.64. The maximum atomic E-state index is 14.4. The molecule has 0 radical (unpaired) electrons. The minimum absolute atomic E-state index is 0.0859. The van der Waals surface area contributed by atoms with Gasteiger partial charge in [-0.15, -0.1) is 0 Å². The predicted molar refractivity (Wildman–Crippen MR) is 183 cm³/mol. The molecule has 0 spiro atoms. The van der Waals surface area contributed by atoms with Crippen LogP contribution in [0.2, 0.25) is 0 Å². The van der Waals surface area contributed by atoms with Crippen molar-refractivity contribution in [2.24, 2.45) is 5.92 Å². The first-order chi connectivity index (χ1) is 22.5. The van der Waals surface area contributed by atoms with E-state index in [1.54, 1.807) is 49.3 Å². The number of ether oxygens (including phenoxy) is 3.